The minimum absolute atomic E-state index is 0.0475. The number of aromatic nitrogens is 2. The number of rotatable bonds is 4. The molecule has 2 heterocycles. The van der Waals surface area contributed by atoms with Crippen LogP contribution >= 0.6 is 0 Å². The monoisotopic (exact) mass is 298 g/mol. The minimum Gasteiger partial charge on any atom is -0.371 e. The number of aryl methyl sites for hydroxylation is 1. The van der Waals surface area contributed by atoms with Crippen molar-refractivity contribution in [2.45, 2.75) is 6.42 Å². The molecule has 1 saturated heterocycles. The van der Waals surface area contributed by atoms with Crippen LogP contribution in [0, 0.1) is 5.92 Å². The summed E-state index contributed by atoms with van der Waals surface area (Å²) < 4.78 is 1.66. The van der Waals surface area contributed by atoms with E-state index in [0.29, 0.717) is 11.5 Å². The standard InChI is InChI=1S/C17H22N4O/c1-19(17(22)15-10-18-20(2)13-15)11-14-8-9-21(12-14)16-6-4-3-5-7-16/h3-7,10,13-14H,8-9,11-12H2,1-2H3/t14-/m0/s1. The quantitative estimate of drug-likeness (QED) is 0.867. The van der Waals surface area contributed by atoms with Crippen LogP contribution in [-0.4, -0.2) is 47.3 Å². The van der Waals surface area contributed by atoms with E-state index in [2.05, 4.69) is 34.3 Å². The van der Waals surface area contributed by atoms with Gasteiger partial charge in [0.2, 0.25) is 0 Å². The first kappa shape index (κ1) is 14.6. The molecule has 1 amide bonds. The number of hydrogen-bond donors (Lipinski definition) is 0. The van der Waals surface area contributed by atoms with E-state index in [-0.39, 0.29) is 5.91 Å². The van der Waals surface area contributed by atoms with Gasteiger partial charge in [-0.15, -0.1) is 0 Å². The van der Waals surface area contributed by atoms with Gasteiger partial charge in [0.25, 0.3) is 5.91 Å². The van der Waals surface area contributed by atoms with E-state index in [1.807, 2.05) is 25.1 Å². The maximum atomic E-state index is 12.4. The molecule has 5 nitrogen and oxygen atoms in total. The fraction of sp³-hybridized carbons (Fsp3) is 0.412. The number of anilines is 1. The molecule has 1 aliphatic heterocycles. The van der Waals surface area contributed by atoms with E-state index in [9.17, 15) is 4.79 Å². The molecule has 3 rings (SSSR count). The minimum atomic E-state index is 0.0475. The summed E-state index contributed by atoms with van der Waals surface area (Å²) in [4.78, 5) is 16.6. The highest BCUT2D eigenvalue weighted by molar-refractivity contribution is 5.93. The highest BCUT2D eigenvalue weighted by atomic mass is 16.2. The molecule has 1 fully saturated rings. The highest BCUT2D eigenvalue weighted by Crippen LogP contribution is 2.24. The Morgan fingerprint density at radius 1 is 1.36 bits per heavy atom. The maximum absolute atomic E-state index is 12.4. The molecule has 1 aromatic carbocycles. The van der Waals surface area contributed by atoms with Crippen LogP contribution in [0.2, 0.25) is 0 Å². The molecule has 0 saturated carbocycles. The molecule has 2 aromatic rings. The van der Waals surface area contributed by atoms with Gasteiger partial charge in [-0.1, -0.05) is 18.2 Å². The van der Waals surface area contributed by atoms with Crippen LogP contribution < -0.4 is 4.90 Å². The zero-order valence-electron chi connectivity index (χ0n) is 13.1. The highest BCUT2D eigenvalue weighted by Gasteiger charge is 2.25. The summed E-state index contributed by atoms with van der Waals surface area (Å²) in [7, 11) is 3.70. The molecule has 1 aromatic heterocycles. The molecule has 0 unspecified atom stereocenters. The number of carbonyl (C=O) groups is 1. The summed E-state index contributed by atoms with van der Waals surface area (Å²) in [5, 5.41) is 4.06. The van der Waals surface area contributed by atoms with Crippen LogP contribution in [0.4, 0.5) is 5.69 Å². The molecular weight excluding hydrogens is 276 g/mol. The van der Waals surface area contributed by atoms with Gasteiger partial charge in [-0.2, -0.15) is 5.10 Å². The Hall–Kier alpha value is -2.30. The molecule has 1 aliphatic rings. The van der Waals surface area contributed by atoms with Gasteiger partial charge in [-0.25, -0.2) is 0 Å². The predicted octanol–water partition coefficient (Wildman–Crippen LogP) is 2.02. The zero-order valence-corrected chi connectivity index (χ0v) is 13.1. The van der Waals surface area contributed by atoms with E-state index in [0.717, 1.165) is 26.1 Å². The van der Waals surface area contributed by atoms with Crippen molar-refractivity contribution in [3.63, 3.8) is 0 Å². The lowest BCUT2D eigenvalue weighted by Gasteiger charge is -2.22. The SMILES string of the molecule is CN(C[C@@H]1CCN(c2ccccc2)C1)C(=O)c1cnn(C)c1. The van der Waals surface area contributed by atoms with Crippen molar-refractivity contribution in [3.05, 3.63) is 48.3 Å². The average molecular weight is 298 g/mol. The molecule has 0 N–H and O–H groups in total. The van der Waals surface area contributed by atoms with Crippen molar-refractivity contribution >= 4 is 11.6 Å². The first-order chi connectivity index (χ1) is 10.6. The Labute approximate surface area is 131 Å². The van der Waals surface area contributed by atoms with Crippen LogP contribution in [0.25, 0.3) is 0 Å². The molecule has 5 heteroatoms. The van der Waals surface area contributed by atoms with E-state index >= 15 is 0 Å². The number of para-hydroxylation sites is 1. The normalized spacial score (nSPS) is 17.7. The number of amides is 1. The first-order valence-corrected chi connectivity index (χ1v) is 7.67. The van der Waals surface area contributed by atoms with Crippen molar-refractivity contribution in [2.75, 3.05) is 31.6 Å². The van der Waals surface area contributed by atoms with Gasteiger partial charge in [0.05, 0.1) is 11.8 Å². The van der Waals surface area contributed by atoms with Crippen molar-refractivity contribution < 1.29 is 4.79 Å². The van der Waals surface area contributed by atoms with Gasteiger partial charge in [-0.3, -0.25) is 9.48 Å². The fourth-order valence-electron chi connectivity index (χ4n) is 3.08. The summed E-state index contributed by atoms with van der Waals surface area (Å²) in [5.41, 5.74) is 1.93. The number of carbonyl (C=O) groups excluding carboxylic acids is 1. The second-order valence-electron chi connectivity index (χ2n) is 6.02. The van der Waals surface area contributed by atoms with E-state index < -0.39 is 0 Å². The number of hydrogen-bond acceptors (Lipinski definition) is 3. The molecule has 1 atom stereocenters. The third-order valence-corrected chi connectivity index (χ3v) is 4.24. The van der Waals surface area contributed by atoms with Crippen molar-refractivity contribution in [1.29, 1.82) is 0 Å². The molecule has 22 heavy (non-hydrogen) atoms. The van der Waals surface area contributed by atoms with Crippen LogP contribution in [0.3, 0.4) is 0 Å². The van der Waals surface area contributed by atoms with Gasteiger partial charge in [-0.05, 0) is 24.5 Å². The summed E-state index contributed by atoms with van der Waals surface area (Å²) in [6.45, 7) is 2.86. The fourth-order valence-corrected chi connectivity index (χ4v) is 3.08. The summed E-state index contributed by atoms with van der Waals surface area (Å²) >= 11 is 0. The van der Waals surface area contributed by atoms with Crippen molar-refractivity contribution in [1.82, 2.24) is 14.7 Å². The topological polar surface area (TPSA) is 41.4 Å². The van der Waals surface area contributed by atoms with E-state index in [1.165, 1.54) is 5.69 Å². The molecular formula is C17H22N4O. The Morgan fingerprint density at radius 2 is 2.14 bits per heavy atom. The predicted molar refractivity (Wildman–Crippen MR) is 86.9 cm³/mol. The summed E-state index contributed by atoms with van der Waals surface area (Å²) in [5.74, 6) is 0.567. The first-order valence-electron chi connectivity index (χ1n) is 7.67. The molecule has 0 radical (unpaired) electrons. The molecule has 116 valence electrons. The van der Waals surface area contributed by atoms with Gasteiger partial charge >= 0.3 is 0 Å². The molecule has 0 bridgehead atoms. The largest absolute Gasteiger partial charge is 0.371 e. The lowest BCUT2D eigenvalue weighted by Crippen LogP contribution is -2.33. The Morgan fingerprint density at radius 3 is 2.82 bits per heavy atom. The van der Waals surface area contributed by atoms with Gasteiger partial charge in [0, 0.05) is 45.6 Å². The summed E-state index contributed by atoms with van der Waals surface area (Å²) in [6, 6.07) is 10.5. The second-order valence-corrected chi connectivity index (χ2v) is 6.02. The summed E-state index contributed by atoms with van der Waals surface area (Å²) in [6.07, 6.45) is 4.52. The van der Waals surface area contributed by atoms with Crippen LogP contribution in [0.5, 0.6) is 0 Å². The second kappa shape index (κ2) is 6.22. The Balaban J connectivity index is 1.57. The van der Waals surface area contributed by atoms with Gasteiger partial charge in [0.15, 0.2) is 0 Å². The lowest BCUT2D eigenvalue weighted by molar-refractivity contribution is 0.0776. The van der Waals surface area contributed by atoms with Gasteiger partial charge < -0.3 is 9.80 Å². The number of benzene rings is 1. The van der Waals surface area contributed by atoms with Gasteiger partial charge in [0.1, 0.15) is 0 Å². The average Bonchev–Trinajstić information content (AvgIpc) is 3.16. The zero-order chi connectivity index (χ0) is 15.5. The van der Waals surface area contributed by atoms with Crippen LogP contribution in [-0.2, 0) is 7.05 Å². The molecule has 0 spiro atoms. The van der Waals surface area contributed by atoms with Crippen LogP contribution in [0.1, 0.15) is 16.8 Å². The Bertz CT molecular complexity index is 637. The van der Waals surface area contributed by atoms with Crippen LogP contribution in [0.15, 0.2) is 42.7 Å². The lowest BCUT2D eigenvalue weighted by atomic mass is 10.1. The third-order valence-electron chi connectivity index (χ3n) is 4.24. The third kappa shape index (κ3) is 3.13. The smallest absolute Gasteiger partial charge is 0.256 e. The van der Waals surface area contributed by atoms with Crippen molar-refractivity contribution in [2.24, 2.45) is 13.0 Å². The van der Waals surface area contributed by atoms with E-state index in [1.54, 1.807) is 17.1 Å². The molecule has 0 aliphatic carbocycles. The van der Waals surface area contributed by atoms with Crippen molar-refractivity contribution in [3.8, 4) is 0 Å². The van der Waals surface area contributed by atoms with E-state index in [4.69, 9.17) is 0 Å². The Kier molecular flexibility index (Phi) is 4.13. The number of nitrogens with zero attached hydrogens (tertiary/aromatic N) is 4. The maximum Gasteiger partial charge on any atom is 0.256 e.